The summed E-state index contributed by atoms with van der Waals surface area (Å²) < 4.78 is 14.2. The van der Waals surface area contributed by atoms with Gasteiger partial charge in [-0.1, -0.05) is 30.3 Å². The van der Waals surface area contributed by atoms with E-state index in [0.29, 0.717) is 4.47 Å². The first kappa shape index (κ1) is 13.3. The minimum Gasteiger partial charge on any atom is -0.349 e. The number of benzene rings is 2. The van der Waals surface area contributed by atoms with Gasteiger partial charge in [-0.3, -0.25) is 4.79 Å². The summed E-state index contributed by atoms with van der Waals surface area (Å²) in [6, 6.07) is 12.7. The molecule has 102 valence electrons. The van der Waals surface area contributed by atoms with Crippen LogP contribution >= 0.6 is 15.9 Å². The van der Waals surface area contributed by atoms with Crippen molar-refractivity contribution in [3.05, 3.63) is 69.4 Å². The molecule has 0 heterocycles. The fraction of sp³-hybridized carbons (Fsp3) is 0.188. The Morgan fingerprint density at radius 2 is 1.75 bits per heavy atom. The predicted octanol–water partition coefficient (Wildman–Crippen LogP) is 3.49. The lowest BCUT2D eigenvalue weighted by Gasteiger charge is -2.13. The maximum atomic E-state index is 13.7. The Bertz CT molecular complexity index is 626. The topological polar surface area (TPSA) is 29.1 Å². The Balaban J connectivity index is 1.76. The third-order valence-corrected chi connectivity index (χ3v) is 4.24. The SMILES string of the molecule is O=C(NC1Cc2ccccc2C1)c1c(F)cccc1Br. The number of fused-ring (bicyclic) bond motifs is 1. The molecule has 0 aliphatic heterocycles. The van der Waals surface area contributed by atoms with Crippen LogP contribution < -0.4 is 5.32 Å². The van der Waals surface area contributed by atoms with Gasteiger partial charge in [0.15, 0.2) is 0 Å². The minimum atomic E-state index is -0.507. The molecule has 0 fully saturated rings. The summed E-state index contributed by atoms with van der Waals surface area (Å²) in [5.41, 5.74) is 2.58. The van der Waals surface area contributed by atoms with Crippen molar-refractivity contribution >= 4 is 21.8 Å². The Kier molecular flexibility index (Phi) is 3.57. The predicted molar refractivity (Wildman–Crippen MR) is 79.2 cm³/mol. The Hall–Kier alpha value is -1.68. The lowest BCUT2D eigenvalue weighted by molar-refractivity contribution is 0.0933. The molecule has 1 aliphatic rings. The van der Waals surface area contributed by atoms with E-state index in [1.165, 1.54) is 17.2 Å². The molecule has 0 spiro atoms. The lowest BCUT2D eigenvalue weighted by atomic mass is 10.1. The van der Waals surface area contributed by atoms with Crippen molar-refractivity contribution in [2.45, 2.75) is 18.9 Å². The van der Waals surface area contributed by atoms with Crippen LogP contribution in [-0.4, -0.2) is 11.9 Å². The normalized spacial score (nSPS) is 14.1. The van der Waals surface area contributed by atoms with E-state index in [-0.39, 0.29) is 17.5 Å². The molecule has 2 nitrogen and oxygen atoms in total. The molecule has 1 N–H and O–H groups in total. The van der Waals surface area contributed by atoms with E-state index >= 15 is 0 Å². The summed E-state index contributed by atoms with van der Waals surface area (Å²) in [5, 5.41) is 2.91. The highest BCUT2D eigenvalue weighted by atomic mass is 79.9. The van der Waals surface area contributed by atoms with Gasteiger partial charge in [0, 0.05) is 10.5 Å². The fourth-order valence-electron chi connectivity index (χ4n) is 2.63. The number of halogens is 2. The van der Waals surface area contributed by atoms with Crippen LogP contribution in [0.3, 0.4) is 0 Å². The first-order valence-electron chi connectivity index (χ1n) is 6.47. The van der Waals surface area contributed by atoms with Gasteiger partial charge < -0.3 is 5.32 Å². The number of carbonyl (C=O) groups is 1. The van der Waals surface area contributed by atoms with Crippen molar-refractivity contribution < 1.29 is 9.18 Å². The number of hydrogen-bond donors (Lipinski definition) is 1. The van der Waals surface area contributed by atoms with Crippen LogP contribution in [-0.2, 0) is 12.8 Å². The molecule has 1 aliphatic carbocycles. The fourth-order valence-corrected chi connectivity index (χ4v) is 3.16. The average Bonchev–Trinajstić information content (AvgIpc) is 2.80. The Morgan fingerprint density at radius 3 is 2.35 bits per heavy atom. The molecule has 20 heavy (non-hydrogen) atoms. The second-order valence-electron chi connectivity index (χ2n) is 4.94. The Morgan fingerprint density at radius 1 is 1.10 bits per heavy atom. The second-order valence-corrected chi connectivity index (χ2v) is 5.80. The molecule has 0 saturated heterocycles. The van der Waals surface area contributed by atoms with Crippen molar-refractivity contribution in [2.75, 3.05) is 0 Å². The summed E-state index contributed by atoms with van der Waals surface area (Å²) in [5.74, 6) is -0.875. The number of amides is 1. The molecular weight excluding hydrogens is 321 g/mol. The van der Waals surface area contributed by atoms with Crippen molar-refractivity contribution in [2.24, 2.45) is 0 Å². The van der Waals surface area contributed by atoms with Gasteiger partial charge in [0.1, 0.15) is 5.82 Å². The molecule has 0 unspecified atom stereocenters. The quantitative estimate of drug-likeness (QED) is 0.895. The van der Waals surface area contributed by atoms with Gasteiger partial charge in [0.2, 0.25) is 0 Å². The molecule has 0 atom stereocenters. The van der Waals surface area contributed by atoms with Crippen LogP contribution in [0.1, 0.15) is 21.5 Å². The van der Waals surface area contributed by atoms with E-state index in [1.807, 2.05) is 12.1 Å². The molecule has 1 amide bonds. The van der Waals surface area contributed by atoms with Gasteiger partial charge in [-0.15, -0.1) is 0 Å². The number of nitrogens with one attached hydrogen (secondary N) is 1. The van der Waals surface area contributed by atoms with Crippen LogP contribution in [0.5, 0.6) is 0 Å². The van der Waals surface area contributed by atoms with Gasteiger partial charge in [-0.25, -0.2) is 4.39 Å². The molecule has 0 bridgehead atoms. The van der Waals surface area contributed by atoms with Crippen LogP contribution in [0, 0.1) is 5.82 Å². The van der Waals surface area contributed by atoms with Crippen LogP contribution in [0.2, 0.25) is 0 Å². The van der Waals surface area contributed by atoms with Gasteiger partial charge in [0.05, 0.1) is 5.56 Å². The van der Waals surface area contributed by atoms with E-state index in [1.54, 1.807) is 12.1 Å². The van der Waals surface area contributed by atoms with E-state index in [0.717, 1.165) is 12.8 Å². The number of carbonyl (C=O) groups excluding carboxylic acids is 1. The third-order valence-electron chi connectivity index (χ3n) is 3.58. The van der Waals surface area contributed by atoms with Crippen LogP contribution in [0.4, 0.5) is 4.39 Å². The third kappa shape index (κ3) is 2.48. The molecule has 0 saturated carbocycles. The van der Waals surface area contributed by atoms with Crippen molar-refractivity contribution in [3.8, 4) is 0 Å². The molecule has 2 aromatic rings. The minimum absolute atomic E-state index is 0.0337. The lowest BCUT2D eigenvalue weighted by Crippen LogP contribution is -2.36. The maximum absolute atomic E-state index is 13.7. The monoisotopic (exact) mass is 333 g/mol. The standard InChI is InChI=1S/C16H13BrFNO/c17-13-6-3-7-14(18)15(13)16(20)19-12-8-10-4-1-2-5-11(10)9-12/h1-7,12H,8-9H2,(H,19,20). The molecule has 0 radical (unpaired) electrons. The van der Waals surface area contributed by atoms with E-state index in [2.05, 4.69) is 33.4 Å². The van der Waals surface area contributed by atoms with Crippen LogP contribution in [0.15, 0.2) is 46.9 Å². The molecule has 4 heteroatoms. The van der Waals surface area contributed by atoms with Crippen molar-refractivity contribution in [3.63, 3.8) is 0 Å². The summed E-state index contributed by atoms with van der Waals surface area (Å²) >= 11 is 3.22. The average molecular weight is 334 g/mol. The summed E-state index contributed by atoms with van der Waals surface area (Å²) in [4.78, 5) is 12.2. The van der Waals surface area contributed by atoms with Gasteiger partial charge in [-0.05, 0) is 52.0 Å². The number of hydrogen-bond acceptors (Lipinski definition) is 1. The Labute approximate surface area is 125 Å². The molecule has 0 aromatic heterocycles. The molecule has 3 rings (SSSR count). The summed E-state index contributed by atoms with van der Waals surface area (Å²) in [6.45, 7) is 0. The van der Waals surface area contributed by atoms with Crippen molar-refractivity contribution in [1.29, 1.82) is 0 Å². The molecular formula is C16H13BrFNO. The second kappa shape index (κ2) is 5.37. The highest BCUT2D eigenvalue weighted by Crippen LogP contribution is 2.23. The first-order valence-corrected chi connectivity index (χ1v) is 7.26. The van der Waals surface area contributed by atoms with E-state index < -0.39 is 5.82 Å². The molecule has 2 aromatic carbocycles. The zero-order valence-electron chi connectivity index (χ0n) is 10.7. The van der Waals surface area contributed by atoms with Gasteiger partial charge >= 0.3 is 0 Å². The van der Waals surface area contributed by atoms with Crippen molar-refractivity contribution in [1.82, 2.24) is 5.32 Å². The zero-order chi connectivity index (χ0) is 14.1. The highest BCUT2D eigenvalue weighted by molar-refractivity contribution is 9.10. The smallest absolute Gasteiger partial charge is 0.255 e. The van der Waals surface area contributed by atoms with E-state index in [4.69, 9.17) is 0 Å². The summed E-state index contributed by atoms with van der Waals surface area (Å²) in [7, 11) is 0. The van der Waals surface area contributed by atoms with Gasteiger partial charge in [0.25, 0.3) is 5.91 Å². The summed E-state index contributed by atoms with van der Waals surface area (Å²) in [6.07, 6.45) is 1.60. The zero-order valence-corrected chi connectivity index (χ0v) is 12.3. The van der Waals surface area contributed by atoms with E-state index in [9.17, 15) is 9.18 Å². The highest BCUT2D eigenvalue weighted by Gasteiger charge is 2.24. The van der Waals surface area contributed by atoms with Crippen LogP contribution in [0.25, 0.3) is 0 Å². The maximum Gasteiger partial charge on any atom is 0.255 e. The van der Waals surface area contributed by atoms with Gasteiger partial charge in [-0.2, -0.15) is 0 Å². The number of rotatable bonds is 2. The largest absolute Gasteiger partial charge is 0.349 e. The first-order chi connectivity index (χ1) is 9.65.